The molecule has 1 aromatic heterocycles. The molecule has 1 saturated carbocycles. The number of benzene rings is 1. The molecule has 10 heteroatoms. The number of alkyl halides is 3. The third kappa shape index (κ3) is 6.59. The van der Waals surface area contributed by atoms with Gasteiger partial charge in [0, 0.05) is 55.2 Å². The first-order valence-corrected chi connectivity index (χ1v) is 15.9. The van der Waals surface area contributed by atoms with Gasteiger partial charge in [-0.05, 0) is 83.1 Å². The van der Waals surface area contributed by atoms with Crippen molar-refractivity contribution in [2.75, 3.05) is 26.3 Å². The lowest BCUT2D eigenvalue weighted by molar-refractivity contribution is -0.139. The van der Waals surface area contributed by atoms with Gasteiger partial charge in [-0.3, -0.25) is 4.79 Å². The van der Waals surface area contributed by atoms with Gasteiger partial charge in [-0.1, -0.05) is 25.3 Å². The molecule has 3 fully saturated rings. The van der Waals surface area contributed by atoms with Crippen LogP contribution in [0.25, 0.3) is 11.3 Å². The Labute approximate surface area is 243 Å². The number of ether oxygens (including phenoxy) is 1. The van der Waals surface area contributed by atoms with Crippen LogP contribution in [-0.2, 0) is 28.4 Å². The summed E-state index contributed by atoms with van der Waals surface area (Å²) in [6, 6.07) is 5.79. The van der Waals surface area contributed by atoms with E-state index in [9.17, 15) is 22.2 Å². The smallest absolute Gasteiger partial charge is 0.381 e. The molecule has 1 unspecified atom stereocenters. The highest BCUT2D eigenvalue weighted by atomic mass is 32.2. The second-order valence-corrected chi connectivity index (χ2v) is 14.4. The van der Waals surface area contributed by atoms with Crippen molar-refractivity contribution in [2.45, 2.75) is 95.8 Å². The SMILES string of the molecule is Cc1c(C(=O)N2CC3(CCOCC3)C2)cc(-c2ccc(S(=O)NC(C)(C)C)c(C(F)(F)F)c2)n1CC1CCCCC1. The van der Waals surface area contributed by atoms with Crippen molar-refractivity contribution in [1.82, 2.24) is 14.2 Å². The van der Waals surface area contributed by atoms with Crippen LogP contribution in [0.15, 0.2) is 29.2 Å². The third-order valence-corrected chi connectivity index (χ3v) is 10.4. The van der Waals surface area contributed by atoms with Gasteiger partial charge in [0.25, 0.3) is 5.91 Å². The van der Waals surface area contributed by atoms with Gasteiger partial charge in [0.1, 0.15) is 11.0 Å². The highest BCUT2D eigenvalue weighted by molar-refractivity contribution is 7.83. The van der Waals surface area contributed by atoms with Gasteiger partial charge in [-0.25, -0.2) is 8.93 Å². The minimum absolute atomic E-state index is 0.0635. The minimum atomic E-state index is -4.69. The summed E-state index contributed by atoms with van der Waals surface area (Å²) in [5.74, 6) is 0.349. The van der Waals surface area contributed by atoms with E-state index in [0.29, 0.717) is 42.4 Å². The van der Waals surface area contributed by atoms with Crippen LogP contribution >= 0.6 is 0 Å². The molecule has 0 bridgehead atoms. The normalized spacial score (nSPS) is 20.7. The van der Waals surface area contributed by atoms with Gasteiger partial charge in [0.2, 0.25) is 0 Å². The van der Waals surface area contributed by atoms with Crippen molar-refractivity contribution in [3.8, 4) is 11.3 Å². The second-order valence-electron chi connectivity index (χ2n) is 13.2. The molecule has 2 saturated heterocycles. The van der Waals surface area contributed by atoms with Crippen LogP contribution in [0.1, 0.15) is 87.3 Å². The first-order chi connectivity index (χ1) is 19.3. The van der Waals surface area contributed by atoms with E-state index in [1.165, 1.54) is 12.5 Å². The molecular formula is C31H42F3N3O3S. The van der Waals surface area contributed by atoms with Crippen LogP contribution in [-0.4, -0.2) is 51.4 Å². The van der Waals surface area contributed by atoms with E-state index in [2.05, 4.69) is 4.72 Å². The number of halogens is 3. The van der Waals surface area contributed by atoms with E-state index in [1.807, 2.05) is 16.4 Å². The van der Waals surface area contributed by atoms with Crippen LogP contribution in [0.4, 0.5) is 13.2 Å². The second kappa shape index (κ2) is 11.5. The maximum Gasteiger partial charge on any atom is 0.417 e. The highest BCUT2D eigenvalue weighted by Gasteiger charge is 2.46. The molecule has 1 N–H and O–H groups in total. The maximum atomic E-state index is 14.3. The predicted octanol–water partition coefficient (Wildman–Crippen LogP) is 6.73. The minimum Gasteiger partial charge on any atom is -0.381 e. The van der Waals surface area contributed by atoms with Crippen LogP contribution in [0.2, 0.25) is 0 Å². The number of aromatic nitrogens is 1. The zero-order chi connectivity index (χ0) is 29.6. The Morgan fingerprint density at radius 3 is 2.34 bits per heavy atom. The molecule has 3 heterocycles. The molecule has 3 aliphatic rings. The molecule has 1 spiro atoms. The Morgan fingerprint density at radius 2 is 1.73 bits per heavy atom. The molecule has 0 radical (unpaired) electrons. The standard InChI is InChI=1S/C31H42F3N3O3S/c1-21-24(28(38)36-19-30(20-36)12-14-40-15-13-30)17-26(37(21)18-22-8-6-5-7-9-22)23-10-11-27(25(16-23)31(32,33)34)41(39)35-29(2,3)4/h10-11,16-17,22,35H,5-9,12-15,18-20H2,1-4H3. The van der Waals surface area contributed by atoms with Crippen molar-refractivity contribution in [1.29, 1.82) is 0 Å². The fraction of sp³-hybridized carbons (Fsp3) is 0.645. The fourth-order valence-corrected chi connectivity index (χ4v) is 7.80. The largest absolute Gasteiger partial charge is 0.417 e. The summed E-state index contributed by atoms with van der Waals surface area (Å²) in [7, 11) is -2.05. The first-order valence-electron chi connectivity index (χ1n) is 14.7. The van der Waals surface area contributed by atoms with Crippen molar-refractivity contribution >= 4 is 16.9 Å². The molecular weight excluding hydrogens is 551 g/mol. The van der Waals surface area contributed by atoms with E-state index < -0.39 is 28.3 Å². The maximum absolute atomic E-state index is 14.3. The number of amides is 1. The quantitative estimate of drug-likeness (QED) is 0.404. The zero-order valence-corrected chi connectivity index (χ0v) is 25.3. The molecule has 226 valence electrons. The molecule has 6 nitrogen and oxygen atoms in total. The lowest BCUT2D eigenvalue weighted by Crippen LogP contribution is -2.60. The molecule has 2 aliphatic heterocycles. The first kappa shape index (κ1) is 30.3. The third-order valence-electron chi connectivity index (χ3n) is 8.84. The number of carbonyl (C=O) groups is 1. The molecule has 2 aromatic rings. The summed E-state index contributed by atoms with van der Waals surface area (Å²) in [6.45, 7) is 10.7. The molecule has 1 amide bonds. The Kier molecular flexibility index (Phi) is 8.49. The fourth-order valence-electron chi connectivity index (χ4n) is 6.57. The van der Waals surface area contributed by atoms with E-state index in [0.717, 1.165) is 63.5 Å². The number of carbonyl (C=O) groups excluding carboxylic acids is 1. The number of nitrogens with zero attached hydrogens (tertiary/aromatic N) is 2. The molecule has 1 atom stereocenters. The average Bonchev–Trinajstić information content (AvgIpc) is 3.21. The van der Waals surface area contributed by atoms with Crippen molar-refractivity contribution in [3.63, 3.8) is 0 Å². The van der Waals surface area contributed by atoms with Crippen molar-refractivity contribution in [3.05, 3.63) is 41.1 Å². The number of hydrogen-bond donors (Lipinski definition) is 1. The number of likely N-dealkylation sites (tertiary alicyclic amines) is 1. The summed E-state index contributed by atoms with van der Waals surface area (Å²) in [4.78, 5) is 15.3. The van der Waals surface area contributed by atoms with E-state index in [4.69, 9.17) is 4.74 Å². The number of hydrogen-bond acceptors (Lipinski definition) is 3. The van der Waals surface area contributed by atoms with Gasteiger partial charge in [-0.2, -0.15) is 13.2 Å². The summed E-state index contributed by atoms with van der Waals surface area (Å²) >= 11 is 0. The van der Waals surface area contributed by atoms with Crippen molar-refractivity contribution < 1.29 is 26.9 Å². The van der Waals surface area contributed by atoms with Crippen LogP contribution in [0.3, 0.4) is 0 Å². The van der Waals surface area contributed by atoms with Crippen LogP contribution < -0.4 is 4.72 Å². The topological polar surface area (TPSA) is 63.6 Å². The average molecular weight is 594 g/mol. The van der Waals surface area contributed by atoms with E-state index >= 15 is 0 Å². The summed E-state index contributed by atoms with van der Waals surface area (Å²) in [5, 5.41) is 0. The Hall–Kier alpha value is -2.17. The van der Waals surface area contributed by atoms with E-state index in [1.54, 1.807) is 32.9 Å². The van der Waals surface area contributed by atoms with Gasteiger partial charge >= 0.3 is 6.18 Å². The Balaban J connectivity index is 1.51. The molecule has 1 aromatic carbocycles. The highest BCUT2D eigenvalue weighted by Crippen LogP contribution is 2.42. The Bertz CT molecular complexity index is 1290. The lowest BCUT2D eigenvalue weighted by atomic mass is 9.73. The zero-order valence-electron chi connectivity index (χ0n) is 24.5. The molecule has 5 rings (SSSR count). The molecule has 1 aliphatic carbocycles. The summed E-state index contributed by atoms with van der Waals surface area (Å²) < 4.78 is 66.2. The predicted molar refractivity (Wildman–Crippen MR) is 154 cm³/mol. The molecule has 41 heavy (non-hydrogen) atoms. The Morgan fingerprint density at radius 1 is 1.07 bits per heavy atom. The van der Waals surface area contributed by atoms with Crippen LogP contribution in [0, 0.1) is 18.3 Å². The van der Waals surface area contributed by atoms with Gasteiger partial charge in [-0.15, -0.1) is 0 Å². The number of rotatable bonds is 6. The lowest BCUT2D eigenvalue weighted by Gasteiger charge is -2.52. The van der Waals surface area contributed by atoms with Gasteiger partial charge < -0.3 is 14.2 Å². The summed E-state index contributed by atoms with van der Waals surface area (Å²) in [6.07, 6.45) is 2.84. The van der Waals surface area contributed by atoms with Gasteiger partial charge in [0.15, 0.2) is 0 Å². The summed E-state index contributed by atoms with van der Waals surface area (Å²) in [5.41, 5.74) is 0.884. The van der Waals surface area contributed by atoms with E-state index in [-0.39, 0.29) is 16.2 Å². The van der Waals surface area contributed by atoms with Crippen molar-refractivity contribution in [2.24, 2.45) is 11.3 Å². The monoisotopic (exact) mass is 593 g/mol. The van der Waals surface area contributed by atoms with Gasteiger partial charge in [0.05, 0.1) is 16.0 Å². The number of nitrogens with one attached hydrogen (secondary N) is 1. The van der Waals surface area contributed by atoms with Crippen LogP contribution in [0.5, 0.6) is 0 Å².